The average Bonchev–Trinajstić information content (AvgIpc) is 2.54. The smallest absolute Gasteiger partial charge is 0.239 e. The van der Waals surface area contributed by atoms with Crippen LogP contribution < -0.4 is 10.6 Å². The summed E-state index contributed by atoms with van der Waals surface area (Å²) in [5, 5.41) is 14.9. The van der Waals surface area contributed by atoms with E-state index in [9.17, 15) is 18.4 Å². The van der Waals surface area contributed by atoms with Crippen molar-refractivity contribution < 1.29 is 13.2 Å². The van der Waals surface area contributed by atoms with Gasteiger partial charge in [0.05, 0.1) is 5.56 Å². The van der Waals surface area contributed by atoms with Crippen LogP contribution in [0.25, 0.3) is 0 Å². The third-order valence-electron chi connectivity index (χ3n) is 3.58. The van der Waals surface area contributed by atoms with E-state index in [1.807, 2.05) is 31.2 Å². The third-order valence-corrected chi connectivity index (χ3v) is 3.58. The Hall–Kier alpha value is -2.75. The number of nitriles is 1. The third kappa shape index (κ3) is 5.38. The number of aryl methyl sites for hydroxylation is 1. The predicted molar refractivity (Wildman–Crippen MR) is 91.6 cm³/mol. The van der Waals surface area contributed by atoms with Gasteiger partial charge in [0.25, 0.3) is 0 Å². The molecule has 0 amide bonds. The van der Waals surface area contributed by atoms with E-state index < -0.39 is 12.2 Å². The maximum Gasteiger partial charge on any atom is 0.239 e. The second-order valence-corrected chi connectivity index (χ2v) is 5.93. The van der Waals surface area contributed by atoms with Gasteiger partial charge in [-0.25, -0.2) is 18.2 Å². The fraction of sp³-hybridized carbons (Fsp3) is 0.333. The molecule has 0 radical (unpaired) electrons. The summed E-state index contributed by atoms with van der Waals surface area (Å²) in [4.78, 5) is 4.11. The van der Waals surface area contributed by atoms with E-state index in [0.29, 0.717) is 5.69 Å². The van der Waals surface area contributed by atoms with Crippen molar-refractivity contribution in [2.45, 2.75) is 26.7 Å². The van der Waals surface area contributed by atoms with Crippen molar-refractivity contribution >= 4 is 17.3 Å². The van der Waals surface area contributed by atoms with Gasteiger partial charge in [-0.2, -0.15) is 5.26 Å². The molecule has 2 aromatic rings. The monoisotopic (exact) mass is 348 g/mol. The number of nitrogens with zero attached hydrogens (tertiary/aromatic N) is 2. The molecular weight excluding hydrogens is 329 g/mol. The molecule has 0 bridgehead atoms. The lowest BCUT2D eigenvalue weighted by Gasteiger charge is -2.15. The van der Waals surface area contributed by atoms with Gasteiger partial charge in [-0.3, -0.25) is 0 Å². The first-order valence-corrected chi connectivity index (χ1v) is 7.85. The number of hydrogen-bond acceptors (Lipinski definition) is 4. The summed E-state index contributed by atoms with van der Waals surface area (Å²) in [6.07, 6.45) is -2.69. The van der Waals surface area contributed by atoms with Crippen molar-refractivity contribution in [3.05, 3.63) is 47.3 Å². The number of nitrogens with one attached hydrogen (secondary N) is 2. The lowest BCUT2D eigenvalue weighted by Crippen LogP contribution is -2.16. The van der Waals surface area contributed by atoms with E-state index in [1.54, 1.807) is 13.0 Å². The molecule has 0 aliphatic carbocycles. The van der Waals surface area contributed by atoms with E-state index in [4.69, 9.17) is 0 Å². The Morgan fingerprint density at radius 2 is 2.00 bits per heavy atom. The van der Waals surface area contributed by atoms with Crippen molar-refractivity contribution in [3.8, 4) is 6.07 Å². The number of halogens is 3. The molecule has 1 atom stereocenters. The zero-order valence-electron chi connectivity index (χ0n) is 14.0. The van der Waals surface area contributed by atoms with Gasteiger partial charge in [0, 0.05) is 18.7 Å². The molecule has 0 fully saturated rings. The van der Waals surface area contributed by atoms with Crippen molar-refractivity contribution in [1.82, 2.24) is 4.98 Å². The largest absolute Gasteiger partial charge is 0.367 e. The minimum Gasteiger partial charge on any atom is -0.367 e. The number of alkyl halides is 2. The van der Waals surface area contributed by atoms with Gasteiger partial charge in [-0.1, -0.05) is 19.1 Å². The van der Waals surface area contributed by atoms with E-state index in [-0.39, 0.29) is 36.1 Å². The van der Waals surface area contributed by atoms with E-state index in [0.717, 1.165) is 11.6 Å². The molecule has 4 nitrogen and oxygen atoms in total. The summed E-state index contributed by atoms with van der Waals surface area (Å²) in [5.41, 5.74) is 1.79. The predicted octanol–water partition coefficient (Wildman–Crippen LogP) is 4.85. The molecule has 25 heavy (non-hydrogen) atoms. The first-order valence-electron chi connectivity index (χ1n) is 7.85. The summed E-state index contributed by atoms with van der Waals surface area (Å²) >= 11 is 0. The van der Waals surface area contributed by atoms with Crippen molar-refractivity contribution in [1.29, 1.82) is 5.26 Å². The van der Waals surface area contributed by atoms with Gasteiger partial charge >= 0.3 is 0 Å². The Kier molecular flexibility index (Phi) is 6.23. The summed E-state index contributed by atoms with van der Waals surface area (Å²) < 4.78 is 38.8. The molecule has 0 spiro atoms. The summed E-state index contributed by atoms with van der Waals surface area (Å²) in [5.74, 6) is -0.908. The fourth-order valence-electron chi connectivity index (χ4n) is 2.31. The number of aromatic nitrogens is 1. The van der Waals surface area contributed by atoms with Crippen LogP contribution in [0.1, 0.15) is 24.5 Å². The molecular formula is C18H19F3N4. The Bertz CT molecular complexity index is 771. The Morgan fingerprint density at radius 3 is 2.64 bits per heavy atom. The van der Waals surface area contributed by atoms with Gasteiger partial charge in [0.15, 0.2) is 17.5 Å². The standard InChI is InChI=1S/C18H19F3N4/c1-11-4-3-5-14(6-11)24-17-13(9-22)8-15(19)18(25-17)23-10-12(2)7-16(20)21/h3-6,8,12,16H,7,10H2,1-2H3,(H2,23,24,25)/t12-/m0/s1. The molecule has 0 aliphatic heterocycles. The van der Waals surface area contributed by atoms with Crippen molar-refractivity contribution in [2.24, 2.45) is 5.92 Å². The minimum atomic E-state index is -2.41. The van der Waals surface area contributed by atoms with Crippen LogP contribution in [0.5, 0.6) is 0 Å². The van der Waals surface area contributed by atoms with E-state index >= 15 is 0 Å². The van der Waals surface area contributed by atoms with E-state index in [2.05, 4.69) is 15.6 Å². The summed E-state index contributed by atoms with van der Waals surface area (Å²) in [6, 6.07) is 10.4. The van der Waals surface area contributed by atoms with Crippen LogP contribution in [0.15, 0.2) is 30.3 Å². The average molecular weight is 348 g/mol. The SMILES string of the molecule is Cc1cccc(Nc2nc(NC[C@@H](C)CC(F)F)c(F)cc2C#N)c1. The van der Waals surface area contributed by atoms with Crippen LogP contribution >= 0.6 is 0 Å². The molecule has 1 aromatic carbocycles. The van der Waals surface area contributed by atoms with Crippen LogP contribution in [-0.2, 0) is 0 Å². The Morgan fingerprint density at radius 1 is 1.24 bits per heavy atom. The number of pyridine rings is 1. The highest BCUT2D eigenvalue weighted by molar-refractivity contribution is 5.65. The van der Waals surface area contributed by atoms with Gasteiger partial charge in [-0.05, 0) is 36.6 Å². The highest BCUT2D eigenvalue weighted by Gasteiger charge is 2.15. The maximum atomic E-state index is 14.1. The van der Waals surface area contributed by atoms with Crippen LogP contribution in [0, 0.1) is 30.0 Å². The molecule has 0 unspecified atom stereocenters. The van der Waals surface area contributed by atoms with Crippen molar-refractivity contribution in [2.75, 3.05) is 17.2 Å². The molecule has 1 heterocycles. The normalized spacial score (nSPS) is 11.9. The molecule has 7 heteroatoms. The highest BCUT2D eigenvalue weighted by Crippen LogP contribution is 2.24. The lowest BCUT2D eigenvalue weighted by molar-refractivity contribution is 0.120. The number of anilines is 3. The number of benzene rings is 1. The lowest BCUT2D eigenvalue weighted by atomic mass is 10.1. The zero-order chi connectivity index (χ0) is 18.4. The van der Waals surface area contributed by atoms with Gasteiger partial charge < -0.3 is 10.6 Å². The van der Waals surface area contributed by atoms with E-state index in [1.165, 1.54) is 0 Å². The summed E-state index contributed by atoms with van der Waals surface area (Å²) in [7, 11) is 0. The zero-order valence-corrected chi connectivity index (χ0v) is 14.0. The van der Waals surface area contributed by atoms with Gasteiger partial charge in [-0.15, -0.1) is 0 Å². The van der Waals surface area contributed by atoms with Crippen LogP contribution in [0.3, 0.4) is 0 Å². The molecule has 1 aromatic heterocycles. The van der Waals surface area contributed by atoms with Crippen molar-refractivity contribution in [3.63, 3.8) is 0 Å². The number of rotatable bonds is 7. The minimum absolute atomic E-state index is 0.0604. The molecule has 2 N–H and O–H groups in total. The molecule has 0 saturated heterocycles. The second-order valence-electron chi connectivity index (χ2n) is 5.93. The maximum absolute atomic E-state index is 14.1. The fourth-order valence-corrected chi connectivity index (χ4v) is 2.31. The Labute approximate surface area is 144 Å². The van der Waals surface area contributed by atoms with Gasteiger partial charge in [0.2, 0.25) is 6.43 Å². The molecule has 0 saturated carbocycles. The molecule has 2 rings (SSSR count). The Balaban J connectivity index is 2.20. The number of hydrogen-bond donors (Lipinski definition) is 2. The van der Waals surface area contributed by atoms with Crippen LogP contribution in [0.4, 0.5) is 30.5 Å². The first-order chi connectivity index (χ1) is 11.9. The first kappa shape index (κ1) is 18.6. The molecule has 0 aliphatic rings. The molecule has 132 valence electrons. The highest BCUT2D eigenvalue weighted by atomic mass is 19.3. The van der Waals surface area contributed by atoms with Crippen LogP contribution in [0.2, 0.25) is 0 Å². The van der Waals surface area contributed by atoms with Gasteiger partial charge in [0.1, 0.15) is 6.07 Å². The quantitative estimate of drug-likeness (QED) is 0.751. The topological polar surface area (TPSA) is 60.7 Å². The second kappa shape index (κ2) is 8.38. The van der Waals surface area contributed by atoms with Crippen LogP contribution in [-0.4, -0.2) is 18.0 Å². The summed E-state index contributed by atoms with van der Waals surface area (Å²) in [6.45, 7) is 3.72.